The van der Waals surface area contributed by atoms with Crippen molar-refractivity contribution in [1.82, 2.24) is 14.8 Å². The number of amides is 1. The topological polar surface area (TPSA) is 48.5 Å². The maximum absolute atomic E-state index is 13.2. The summed E-state index contributed by atoms with van der Waals surface area (Å²) in [5, 5.41) is 3.33. The van der Waals surface area contributed by atoms with E-state index in [1.54, 1.807) is 24.4 Å². The van der Waals surface area contributed by atoms with E-state index in [1.807, 2.05) is 25.1 Å². The molecule has 1 saturated heterocycles. The summed E-state index contributed by atoms with van der Waals surface area (Å²) in [7, 11) is 3.96. The van der Waals surface area contributed by atoms with Gasteiger partial charge in [-0.1, -0.05) is 12.1 Å². The average Bonchev–Trinajstić information content (AvgIpc) is 2.70. The van der Waals surface area contributed by atoms with Crippen LogP contribution in [0.5, 0.6) is 0 Å². The lowest BCUT2D eigenvalue weighted by Gasteiger charge is -2.28. The number of hydrogen-bond donors (Lipinski definition) is 1. The number of halogens is 1. The van der Waals surface area contributed by atoms with Gasteiger partial charge in [0.15, 0.2) is 0 Å². The Morgan fingerprint density at radius 2 is 1.89 bits per heavy atom. The first-order valence-electron chi connectivity index (χ1n) is 9.46. The average molecular weight is 370 g/mol. The minimum atomic E-state index is -0.247. The largest absolute Gasteiger partial charge is 0.367 e. The molecule has 6 heteroatoms. The fourth-order valence-electron chi connectivity index (χ4n) is 3.46. The number of carbonyl (C=O) groups is 1. The van der Waals surface area contributed by atoms with Crippen molar-refractivity contribution in [3.05, 3.63) is 59.5 Å². The third-order valence-electron chi connectivity index (χ3n) is 5.02. The maximum atomic E-state index is 13.2. The monoisotopic (exact) mass is 370 g/mol. The Bertz CT molecular complexity index is 757. The molecule has 1 atom stereocenters. The molecule has 1 amide bonds. The third-order valence-corrected chi connectivity index (χ3v) is 5.02. The van der Waals surface area contributed by atoms with Crippen molar-refractivity contribution in [3.8, 4) is 0 Å². The van der Waals surface area contributed by atoms with Crippen molar-refractivity contribution in [2.24, 2.45) is 0 Å². The molecule has 1 aliphatic rings. The first-order chi connectivity index (χ1) is 13.1. The van der Waals surface area contributed by atoms with Crippen LogP contribution in [0.25, 0.3) is 0 Å². The molecule has 0 radical (unpaired) electrons. The van der Waals surface area contributed by atoms with Crippen LogP contribution < -0.4 is 5.32 Å². The fourth-order valence-corrected chi connectivity index (χ4v) is 3.46. The van der Waals surface area contributed by atoms with E-state index in [2.05, 4.69) is 15.2 Å². The van der Waals surface area contributed by atoms with Gasteiger partial charge in [-0.05, 0) is 63.2 Å². The predicted molar refractivity (Wildman–Crippen MR) is 105 cm³/mol. The van der Waals surface area contributed by atoms with Gasteiger partial charge in [-0.3, -0.25) is 4.79 Å². The van der Waals surface area contributed by atoms with Crippen LogP contribution in [-0.2, 0) is 0 Å². The van der Waals surface area contributed by atoms with Crippen molar-refractivity contribution >= 4 is 11.7 Å². The highest BCUT2D eigenvalue weighted by Crippen LogP contribution is 2.22. The number of aromatic nitrogens is 1. The van der Waals surface area contributed by atoms with E-state index < -0.39 is 0 Å². The molecule has 5 nitrogen and oxygen atoms in total. The molecule has 144 valence electrons. The van der Waals surface area contributed by atoms with Gasteiger partial charge in [-0.15, -0.1) is 0 Å². The highest BCUT2D eigenvalue weighted by atomic mass is 19.1. The van der Waals surface area contributed by atoms with E-state index in [-0.39, 0.29) is 17.8 Å². The fraction of sp³-hybridized carbons (Fsp3) is 0.429. The van der Waals surface area contributed by atoms with E-state index in [1.165, 1.54) is 18.6 Å². The molecule has 1 aromatic carbocycles. The molecule has 0 spiro atoms. The zero-order valence-electron chi connectivity index (χ0n) is 16.0. The van der Waals surface area contributed by atoms with Gasteiger partial charge in [0, 0.05) is 25.8 Å². The molecule has 1 N–H and O–H groups in total. The number of carbonyl (C=O) groups excluding carboxylic acids is 1. The summed E-state index contributed by atoms with van der Waals surface area (Å²) in [5.74, 6) is 0.388. The number of piperidine rings is 1. The van der Waals surface area contributed by atoms with E-state index in [0.717, 1.165) is 31.5 Å². The molecule has 1 unspecified atom stereocenters. The zero-order valence-corrected chi connectivity index (χ0v) is 16.0. The smallest absolute Gasteiger partial charge is 0.257 e. The highest BCUT2D eigenvalue weighted by molar-refractivity contribution is 5.98. The Kier molecular flexibility index (Phi) is 6.40. The van der Waals surface area contributed by atoms with Crippen molar-refractivity contribution in [3.63, 3.8) is 0 Å². The van der Waals surface area contributed by atoms with Crippen LogP contribution in [0.1, 0.15) is 41.2 Å². The molecule has 1 aliphatic heterocycles. The summed E-state index contributed by atoms with van der Waals surface area (Å²) in [6.07, 6.45) is 4.99. The molecular weight excluding hydrogens is 343 g/mol. The molecule has 2 heterocycles. The summed E-state index contributed by atoms with van der Waals surface area (Å²) in [5.41, 5.74) is 1.62. The SMILES string of the molecule is CN(C)C(CNc1ncccc1C(=O)N1CCCCC1)c1ccc(F)cc1. The molecule has 0 bridgehead atoms. The molecule has 2 aromatic rings. The Balaban J connectivity index is 1.74. The van der Waals surface area contributed by atoms with Crippen LogP contribution in [-0.4, -0.2) is 54.4 Å². The summed E-state index contributed by atoms with van der Waals surface area (Å²) >= 11 is 0. The van der Waals surface area contributed by atoms with Gasteiger partial charge < -0.3 is 15.1 Å². The normalized spacial score (nSPS) is 15.6. The number of nitrogens with zero attached hydrogens (tertiary/aromatic N) is 3. The molecule has 1 fully saturated rings. The minimum Gasteiger partial charge on any atom is -0.367 e. The van der Waals surface area contributed by atoms with Crippen LogP contribution in [0.15, 0.2) is 42.6 Å². The minimum absolute atomic E-state index is 0.0329. The summed E-state index contributed by atoms with van der Waals surface area (Å²) < 4.78 is 13.2. The van der Waals surface area contributed by atoms with Crippen molar-refractivity contribution in [1.29, 1.82) is 0 Å². The number of nitrogens with one attached hydrogen (secondary N) is 1. The third kappa shape index (κ3) is 4.83. The molecule has 1 aromatic heterocycles. The Labute approximate surface area is 160 Å². The van der Waals surface area contributed by atoms with Gasteiger partial charge in [0.2, 0.25) is 0 Å². The van der Waals surface area contributed by atoms with E-state index >= 15 is 0 Å². The lowest BCUT2D eigenvalue weighted by Crippen LogP contribution is -2.36. The lowest BCUT2D eigenvalue weighted by atomic mass is 10.1. The number of likely N-dealkylation sites (tertiary alicyclic amines) is 1. The first-order valence-corrected chi connectivity index (χ1v) is 9.46. The van der Waals surface area contributed by atoms with Crippen LogP contribution in [0.4, 0.5) is 10.2 Å². The van der Waals surface area contributed by atoms with Crippen LogP contribution in [0.2, 0.25) is 0 Å². The van der Waals surface area contributed by atoms with Gasteiger partial charge in [0.05, 0.1) is 11.6 Å². The number of likely N-dealkylation sites (N-methyl/N-ethyl adjacent to an activating group) is 1. The van der Waals surface area contributed by atoms with Gasteiger partial charge in [0.1, 0.15) is 11.6 Å². The molecule has 0 saturated carbocycles. The molecule has 0 aliphatic carbocycles. The van der Waals surface area contributed by atoms with E-state index in [0.29, 0.717) is 17.9 Å². The van der Waals surface area contributed by atoms with Crippen LogP contribution in [0.3, 0.4) is 0 Å². The second-order valence-corrected chi connectivity index (χ2v) is 7.16. The van der Waals surface area contributed by atoms with Gasteiger partial charge in [0.25, 0.3) is 5.91 Å². The summed E-state index contributed by atoms with van der Waals surface area (Å²) in [4.78, 5) is 21.3. The summed E-state index contributed by atoms with van der Waals surface area (Å²) in [6, 6.07) is 10.2. The zero-order chi connectivity index (χ0) is 19.2. The molecule has 27 heavy (non-hydrogen) atoms. The van der Waals surface area contributed by atoms with Gasteiger partial charge in [-0.25, -0.2) is 9.37 Å². The number of rotatable bonds is 6. The van der Waals surface area contributed by atoms with Crippen molar-refractivity contribution in [2.45, 2.75) is 25.3 Å². The lowest BCUT2D eigenvalue weighted by molar-refractivity contribution is 0.0725. The van der Waals surface area contributed by atoms with Crippen LogP contribution >= 0.6 is 0 Å². The maximum Gasteiger partial charge on any atom is 0.257 e. The quantitative estimate of drug-likeness (QED) is 0.845. The van der Waals surface area contributed by atoms with Gasteiger partial charge >= 0.3 is 0 Å². The highest BCUT2D eigenvalue weighted by Gasteiger charge is 2.22. The predicted octanol–water partition coefficient (Wildman–Crippen LogP) is 3.56. The van der Waals surface area contributed by atoms with Crippen LogP contribution in [0, 0.1) is 5.82 Å². The van der Waals surface area contributed by atoms with Gasteiger partial charge in [-0.2, -0.15) is 0 Å². The van der Waals surface area contributed by atoms with E-state index in [4.69, 9.17) is 0 Å². The van der Waals surface area contributed by atoms with Crippen molar-refractivity contribution < 1.29 is 9.18 Å². The molecule has 3 rings (SSSR count). The number of benzene rings is 1. The standard InChI is InChI=1S/C21H27FN4O/c1-25(2)19(16-8-10-17(22)11-9-16)15-24-20-18(7-6-12-23-20)21(27)26-13-4-3-5-14-26/h6-12,19H,3-5,13-15H2,1-2H3,(H,23,24). The second kappa shape index (κ2) is 8.95. The van der Waals surface area contributed by atoms with Crippen molar-refractivity contribution in [2.75, 3.05) is 39.0 Å². The Hall–Kier alpha value is -2.47. The second-order valence-electron chi connectivity index (χ2n) is 7.16. The number of pyridine rings is 1. The number of hydrogen-bond acceptors (Lipinski definition) is 4. The van der Waals surface area contributed by atoms with E-state index in [9.17, 15) is 9.18 Å². The first kappa shape index (κ1) is 19.3. The summed E-state index contributed by atoms with van der Waals surface area (Å²) in [6.45, 7) is 2.18. The number of anilines is 1. The Morgan fingerprint density at radius 1 is 1.19 bits per heavy atom. The molecular formula is C21H27FN4O. The Morgan fingerprint density at radius 3 is 2.56 bits per heavy atom.